The van der Waals surface area contributed by atoms with E-state index < -0.39 is 0 Å². The van der Waals surface area contributed by atoms with Gasteiger partial charge in [0.1, 0.15) is 0 Å². The molecule has 0 saturated carbocycles. The molecule has 100 valence electrons. The minimum Gasteiger partial charge on any atom is -0.399 e. The van der Waals surface area contributed by atoms with Crippen LogP contribution in [-0.2, 0) is 10.3 Å². The third-order valence-electron chi connectivity index (χ3n) is 3.71. The number of aromatic nitrogens is 4. The van der Waals surface area contributed by atoms with Gasteiger partial charge in [-0.15, -0.1) is 5.10 Å². The first-order valence-electron chi connectivity index (χ1n) is 6.33. The summed E-state index contributed by atoms with van der Waals surface area (Å²) in [5.41, 5.74) is 8.46. The largest absolute Gasteiger partial charge is 0.399 e. The topological polar surface area (TPSA) is 78.8 Å². The minimum atomic E-state index is -0.172. The summed E-state index contributed by atoms with van der Waals surface area (Å²) in [6.45, 7) is 5.48. The number of anilines is 1. The van der Waals surface area contributed by atoms with Crippen LogP contribution in [0.2, 0.25) is 0 Å². The molecule has 0 spiro atoms. The van der Waals surface area contributed by atoms with E-state index in [0.717, 1.165) is 35.7 Å². The predicted octanol–water partition coefficient (Wildman–Crippen LogP) is 1.37. The molecule has 0 bridgehead atoms. The minimum absolute atomic E-state index is 0.172. The fraction of sp³-hybridized carbons (Fsp3) is 0.462. The van der Waals surface area contributed by atoms with Crippen molar-refractivity contribution in [3.63, 3.8) is 0 Å². The second-order valence-electron chi connectivity index (χ2n) is 5.29. The van der Waals surface area contributed by atoms with Crippen molar-refractivity contribution in [1.82, 2.24) is 20.2 Å². The molecule has 1 aliphatic heterocycles. The van der Waals surface area contributed by atoms with Crippen LogP contribution in [0.1, 0.15) is 18.9 Å². The summed E-state index contributed by atoms with van der Waals surface area (Å²) < 4.78 is 7.35. The lowest BCUT2D eigenvalue weighted by Gasteiger charge is -2.23. The van der Waals surface area contributed by atoms with Crippen molar-refractivity contribution in [3.05, 3.63) is 23.8 Å². The SMILES string of the molecule is Cc1cc(-c2nnnn2C2(C)CCOC2)ccc1N. The monoisotopic (exact) mass is 259 g/mol. The third kappa shape index (κ3) is 1.98. The molecule has 1 atom stereocenters. The molecular formula is C13H17N5O. The lowest BCUT2D eigenvalue weighted by molar-refractivity contribution is 0.155. The molecule has 3 rings (SSSR count). The van der Waals surface area contributed by atoms with Crippen molar-refractivity contribution in [2.45, 2.75) is 25.8 Å². The van der Waals surface area contributed by atoms with E-state index in [1.54, 1.807) is 0 Å². The van der Waals surface area contributed by atoms with Crippen molar-refractivity contribution in [1.29, 1.82) is 0 Å². The maximum absolute atomic E-state index is 5.85. The van der Waals surface area contributed by atoms with E-state index in [4.69, 9.17) is 10.5 Å². The van der Waals surface area contributed by atoms with E-state index >= 15 is 0 Å². The summed E-state index contributed by atoms with van der Waals surface area (Å²) in [5, 5.41) is 12.1. The van der Waals surface area contributed by atoms with Gasteiger partial charge in [0.2, 0.25) is 0 Å². The van der Waals surface area contributed by atoms with Crippen LogP contribution < -0.4 is 5.73 Å². The summed E-state index contributed by atoms with van der Waals surface area (Å²) in [6.07, 6.45) is 0.916. The second-order valence-corrected chi connectivity index (χ2v) is 5.29. The van der Waals surface area contributed by atoms with Crippen molar-refractivity contribution < 1.29 is 4.74 Å². The normalized spacial score (nSPS) is 22.8. The summed E-state index contributed by atoms with van der Waals surface area (Å²) in [6, 6.07) is 5.84. The lowest BCUT2D eigenvalue weighted by atomic mass is 10.0. The number of benzene rings is 1. The molecule has 1 unspecified atom stereocenters. The summed E-state index contributed by atoms with van der Waals surface area (Å²) in [5.74, 6) is 0.760. The van der Waals surface area contributed by atoms with E-state index in [2.05, 4.69) is 22.4 Å². The van der Waals surface area contributed by atoms with Crippen LogP contribution in [0, 0.1) is 6.92 Å². The maximum atomic E-state index is 5.85. The maximum Gasteiger partial charge on any atom is 0.182 e. The number of ether oxygens (including phenoxy) is 1. The highest BCUT2D eigenvalue weighted by molar-refractivity contribution is 5.62. The van der Waals surface area contributed by atoms with Crippen molar-refractivity contribution in [2.24, 2.45) is 0 Å². The fourth-order valence-electron chi connectivity index (χ4n) is 2.37. The summed E-state index contributed by atoms with van der Waals surface area (Å²) in [4.78, 5) is 0. The second kappa shape index (κ2) is 4.31. The molecule has 1 aliphatic rings. The summed E-state index contributed by atoms with van der Waals surface area (Å²) >= 11 is 0. The van der Waals surface area contributed by atoms with Crippen LogP contribution in [-0.4, -0.2) is 33.4 Å². The quantitative estimate of drug-likeness (QED) is 0.824. The van der Waals surface area contributed by atoms with Crippen molar-refractivity contribution >= 4 is 5.69 Å². The number of nitrogen functional groups attached to an aromatic ring is 1. The molecule has 2 aromatic rings. The molecule has 1 aromatic carbocycles. The Kier molecular flexibility index (Phi) is 2.74. The Labute approximate surface area is 111 Å². The van der Waals surface area contributed by atoms with Crippen LogP contribution in [0.4, 0.5) is 5.69 Å². The Morgan fingerprint density at radius 2 is 2.26 bits per heavy atom. The van der Waals surface area contributed by atoms with E-state index in [-0.39, 0.29) is 5.54 Å². The van der Waals surface area contributed by atoms with Crippen LogP contribution in [0.25, 0.3) is 11.4 Å². The van der Waals surface area contributed by atoms with E-state index in [0.29, 0.717) is 6.61 Å². The first kappa shape index (κ1) is 12.1. The van der Waals surface area contributed by atoms with Gasteiger partial charge in [0.25, 0.3) is 0 Å². The molecule has 1 saturated heterocycles. The molecule has 0 radical (unpaired) electrons. The predicted molar refractivity (Wildman–Crippen MR) is 71.5 cm³/mol. The molecule has 6 heteroatoms. The van der Waals surface area contributed by atoms with E-state index in [9.17, 15) is 0 Å². The molecule has 0 aliphatic carbocycles. The first-order chi connectivity index (χ1) is 9.10. The Bertz CT molecular complexity index is 601. The van der Waals surface area contributed by atoms with Gasteiger partial charge in [-0.2, -0.15) is 0 Å². The Morgan fingerprint density at radius 1 is 1.42 bits per heavy atom. The van der Waals surface area contributed by atoms with Crippen LogP contribution in [0.5, 0.6) is 0 Å². The average molecular weight is 259 g/mol. The van der Waals surface area contributed by atoms with Gasteiger partial charge in [0.05, 0.1) is 12.1 Å². The number of nitrogens with zero attached hydrogens (tertiary/aromatic N) is 4. The van der Waals surface area contributed by atoms with Crippen LogP contribution in [0.3, 0.4) is 0 Å². The van der Waals surface area contributed by atoms with Gasteiger partial charge in [0, 0.05) is 17.9 Å². The molecule has 1 fully saturated rings. The zero-order chi connectivity index (χ0) is 13.5. The van der Waals surface area contributed by atoms with Gasteiger partial charge in [-0.05, 0) is 54.5 Å². The zero-order valence-corrected chi connectivity index (χ0v) is 11.1. The highest BCUT2D eigenvalue weighted by Crippen LogP contribution is 2.30. The Hall–Kier alpha value is -1.95. The molecule has 19 heavy (non-hydrogen) atoms. The smallest absolute Gasteiger partial charge is 0.182 e. The number of nitrogens with two attached hydrogens (primary N) is 1. The zero-order valence-electron chi connectivity index (χ0n) is 11.1. The van der Waals surface area contributed by atoms with Crippen LogP contribution >= 0.6 is 0 Å². The fourth-order valence-corrected chi connectivity index (χ4v) is 2.37. The first-order valence-corrected chi connectivity index (χ1v) is 6.33. The Balaban J connectivity index is 2.06. The van der Waals surface area contributed by atoms with E-state index in [1.807, 2.05) is 29.8 Å². The van der Waals surface area contributed by atoms with Gasteiger partial charge in [-0.3, -0.25) is 0 Å². The third-order valence-corrected chi connectivity index (χ3v) is 3.71. The standard InChI is InChI=1S/C13H17N5O/c1-9-7-10(3-4-11(9)14)12-15-16-17-18(12)13(2)5-6-19-8-13/h3-4,7H,5-6,8,14H2,1-2H3. The average Bonchev–Trinajstić information content (AvgIpc) is 3.02. The highest BCUT2D eigenvalue weighted by atomic mass is 16.5. The molecule has 0 amide bonds. The molecule has 1 aromatic heterocycles. The number of aryl methyl sites for hydroxylation is 1. The molecule has 2 N–H and O–H groups in total. The molecule has 2 heterocycles. The van der Waals surface area contributed by atoms with Gasteiger partial charge >= 0.3 is 0 Å². The number of hydrogen-bond donors (Lipinski definition) is 1. The van der Waals surface area contributed by atoms with Gasteiger partial charge < -0.3 is 10.5 Å². The number of hydrogen-bond acceptors (Lipinski definition) is 5. The van der Waals surface area contributed by atoms with Crippen molar-refractivity contribution in [3.8, 4) is 11.4 Å². The highest BCUT2D eigenvalue weighted by Gasteiger charge is 2.35. The number of tetrazole rings is 1. The Morgan fingerprint density at radius 3 is 2.95 bits per heavy atom. The van der Waals surface area contributed by atoms with Crippen LogP contribution in [0.15, 0.2) is 18.2 Å². The van der Waals surface area contributed by atoms with Crippen molar-refractivity contribution in [2.75, 3.05) is 18.9 Å². The molecule has 6 nitrogen and oxygen atoms in total. The van der Waals surface area contributed by atoms with Gasteiger partial charge in [-0.25, -0.2) is 4.68 Å². The summed E-state index contributed by atoms with van der Waals surface area (Å²) in [7, 11) is 0. The van der Waals surface area contributed by atoms with Gasteiger partial charge in [0.15, 0.2) is 5.82 Å². The number of rotatable bonds is 2. The van der Waals surface area contributed by atoms with Gasteiger partial charge in [-0.1, -0.05) is 0 Å². The molecular weight excluding hydrogens is 242 g/mol. The lowest BCUT2D eigenvalue weighted by Crippen LogP contribution is -2.32. The van der Waals surface area contributed by atoms with E-state index in [1.165, 1.54) is 0 Å².